The van der Waals surface area contributed by atoms with E-state index in [9.17, 15) is 37.0 Å². The van der Waals surface area contributed by atoms with E-state index < -0.39 is 52.6 Å². The summed E-state index contributed by atoms with van der Waals surface area (Å²) in [5.74, 6) is -3.84. The Hall–Kier alpha value is -5.46. The van der Waals surface area contributed by atoms with Gasteiger partial charge in [-0.1, -0.05) is 12.1 Å². The van der Waals surface area contributed by atoms with Gasteiger partial charge in [-0.3, -0.25) is 4.57 Å². The molecule has 0 saturated carbocycles. The second-order valence-corrected chi connectivity index (χ2v) is 9.62. The number of phenolic OH excluding ortho intramolecular Hbond substituents is 1. The average Bonchev–Trinajstić information content (AvgIpc) is 3.19. The van der Waals surface area contributed by atoms with Crippen molar-refractivity contribution in [3.63, 3.8) is 0 Å². The number of aromatic nitrogens is 1. The average molecular weight is 597 g/mol. The van der Waals surface area contributed by atoms with Gasteiger partial charge in [0.15, 0.2) is 23.0 Å². The maximum absolute atomic E-state index is 14.6. The number of azo groups is 1. The summed E-state index contributed by atoms with van der Waals surface area (Å²) < 4.78 is 74.9. The lowest BCUT2D eigenvalue weighted by molar-refractivity contribution is -0.137. The molecule has 5 aromatic rings. The molecule has 0 unspecified atom stereocenters. The first-order chi connectivity index (χ1) is 20.2. The van der Waals surface area contributed by atoms with Crippen LogP contribution in [0.15, 0.2) is 77.0 Å². The van der Waals surface area contributed by atoms with Crippen LogP contribution in [0, 0.1) is 25.5 Å². The molecule has 5 rings (SSSR count). The molecule has 0 amide bonds. The van der Waals surface area contributed by atoms with Crippen molar-refractivity contribution in [1.82, 2.24) is 4.57 Å². The van der Waals surface area contributed by atoms with Gasteiger partial charge >= 0.3 is 12.3 Å². The summed E-state index contributed by atoms with van der Waals surface area (Å²) in [6.07, 6.45) is -6.47. The first-order valence-corrected chi connectivity index (χ1v) is 12.4. The standard InChI is InChI=1S/C30H20F5N3O5/c1-14-7-15(2)9-19(8-14)38-24-11-17(30(33,34)35)4-5-20(24)26(28(38)40)37-36-23-13-18(31)12-21(27(23)39)16-3-6-22(32)25(10-16)43-29(41)42/h3-13,39-40H,1-2H3,(H,41,42). The van der Waals surface area contributed by atoms with Gasteiger partial charge < -0.3 is 20.1 Å². The van der Waals surface area contributed by atoms with E-state index in [2.05, 4.69) is 15.0 Å². The van der Waals surface area contributed by atoms with Gasteiger partial charge in [0.1, 0.15) is 11.5 Å². The van der Waals surface area contributed by atoms with Crippen LogP contribution in [-0.2, 0) is 6.18 Å². The molecule has 0 saturated heterocycles. The molecule has 220 valence electrons. The molecule has 0 atom stereocenters. The minimum atomic E-state index is -4.68. The van der Waals surface area contributed by atoms with E-state index in [0.29, 0.717) is 5.69 Å². The molecule has 3 N–H and O–H groups in total. The number of aryl methyl sites for hydroxylation is 2. The molecule has 0 aliphatic rings. The molecule has 1 heterocycles. The molecule has 0 spiro atoms. The Morgan fingerprint density at radius 2 is 1.58 bits per heavy atom. The number of rotatable bonds is 5. The van der Waals surface area contributed by atoms with Gasteiger partial charge in [0, 0.05) is 22.7 Å². The van der Waals surface area contributed by atoms with Gasteiger partial charge in [-0.05, 0) is 79.1 Å². The predicted molar refractivity (Wildman–Crippen MR) is 146 cm³/mol. The second kappa shape index (κ2) is 10.7. The van der Waals surface area contributed by atoms with Crippen molar-refractivity contribution < 1.29 is 46.8 Å². The summed E-state index contributed by atoms with van der Waals surface area (Å²) >= 11 is 0. The van der Waals surface area contributed by atoms with Gasteiger partial charge in [-0.15, -0.1) is 10.2 Å². The molecule has 4 aromatic carbocycles. The smallest absolute Gasteiger partial charge is 0.505 e. The quantitative estimate of drug-likeness (QED) is 0.0809. The summed E-state index contributed by atoms with van der Waals surface area (Å²) in [6, 6.07) is 12.6. The molecule has 0 bridgehead atoms. The Bertz CT molecular complexity index is 1930. The van der Waals surface area contributed by atoms with Crippen LogP contribution in [0.4, 0.5) is 38.1 Å². The van der Waals surface area contributed by atoms with Gasteiger partial charge in [-0.2, -0.15) is 13.2 Å². The number of ether oxygens (including phenoxy) is 1. The molecule has 1 aromatic heterocycles. The first-order valence-electron chi connectivity index (χ1n) is 12.4. The third kappa shape index (κ3) is 5.69. The molecule has 13 heteroatoms. The molecule has 0 aliphatic heterocycles. The largest absolute Gasteiger partial charge is 0.511 e. The molecule has 8 nitrogen and oxygen atoms in total. The Kier molecular flexibility index (Phi) is 7.26. The second-order valence-electron chi connectivity index (χ2n) is 9.62. The zero-order valence-electron chi connectivity index (χ0n) is 22.2. The molecule has 0 fully saturated rings. The van der Waals surface area contributed by atoms with Gasteiger partial charge in [0.2, 0.25) is 5.88 Å². The van der Waals surface area contributed by atoms with Crippen LogP contribution in [-0.4, -0.2) is 26.0 Å². The number of benzene rings is 4. The van der Waals surface area contributed by atoms with E-state index in [4.69, 9.17) is 5.11 Å². The van der Waals surface area contributed by atoms with Crippen molar-refractivity contribution >= 4 is 28.4 Å². The Morgan fingerprint density at radius 3 is 2.23 bits per heavy atom. The van der Waals surface area contributed by atoms with Crippen LogP contribution in [0.3, 0.4) is 0 Å². The van der Waals surface area contributed by atoms with Gasteiger partial charge in [-0.25, -0.2) is 13.6 Å². The van der Waals surface area contributed by atoms with Crippen LogP contribution in [0.1, 0.15) is 16.7 Å². The minimum absolute atomic E-state index is 0.0277. The Morgan fingerprint density at radius 1 is 0.884 bits per heavy atom. The van der Waals surface area contributed by atoms with E-state index in [-0.39, 0.29) is 27.7 Å². The monoisotopic (exact) mass is 597 g/mol. The van der Waals surface area contributed by atoms with E-state index in [1.165, 1.54) is 4.57 Å². The number of hydrogen-bond donors (Lipinski definition) is 3. The van der Waals surface area contributed by atoms with Crippen LogP contribution in [0.5, 0.6) is 17.4 Å². The summed E-state index contributed by atoms with van der Waals surface area (Å²) in [7, 11) is 0. The summed E-state index contributed by atoms with van der Waals surface area (Å²) in [5.41, 5.74) is -0.0427. The van der Waals surface area contributed by atoms with Crippen molar-refractivity contribution in [2.75, 3.05) is 0 Å². The lowest BCUT2D eigenvalue weighted by atomic mass is 10.0. The van der Waals surface area contributed by atoms with Crippen LogP contribution in [0.2, 0.25) is 0 Å². The zero-order valence-corrected chi connectivity index (χ0v) is 22.2. The number of carboxylic acid groups (broad SMARTS) is 1. The topological polar surface area (TPSA) is 117 Å². The van der Waals surface area contributed by atoms with Crippen molar-refractivity contribution in [1.29, 1.82) is 0 Å². The molecule has 43 heavy (non-hydrogen) atoms. The molecular weight excluding hydrogens is 577 g/mol. The normalized spacial score (nSPS) is 11.9. The fourth-order valence-electron chi connectivity index (χ4n) is 4.70. The SMILES string of the molecule is Cc1cc(C)cc(-n2c(O)c(N=Nc3cc(F)cc(-c4ccc(F)c(OC(=O)O)c4)c3O)c3ccc(C(F)(F)F)cc32)c1. The van der Waals surface area contributed by atoms with Gasteiger partial charge in [0.05, 0.1) is 11.1 Å². The maximum atomic E-state index is 14.6. The lowest BCUT2D eigenvalue weighted by Crippen LogP contribution is -2.05. The van der Waals surface area contributed by atoms with Crippen molar-refractivity contribution in [2.24, 2.45) is 10.2 Å². The molecule has 0 aliphatic carbocycles. The predicted octanol–water partition coefficient (Wildman–Crippen LogP) is 9.09. The third-order valence-electron chi connectivity index (χ3n) is 6.46. The summed E-state index contributed by atoms with van der Waals surface area (Å²) in [6.45, 7) is 3.56. The number of fused-ring (bicyclic) bond motifs is 1. The molecule has 0 radical (unpaired) electrons. The van der Waals surface area contributed by atoms with Crippen LogP contribution in [0.25, 0.3) is 27.7 Å². The minimum Gasteiger partial charge on any atom is -0.505 e. The zero-order chi connectivity index (χ0) is 31.2. The van der Waals surface area contributed by atoms with Crippen LogP contribution >= 0.6 is 0 Å². The highest BCUT2D eigenvalue weighted by Gasteiger charge is 2.32. The fraction of sp³-hybridized carbons (Fsp3) is 0.100. The van der Waals surface area contributed by atoms with E-state index in [0.717, 1.165) is 59.7 Å². The fourth-order valence-corrected chi connectivity index (χ4v) is 4.70. The number of nitrogens with zero attached hydrogens (tertiary/aromatic N) is 3. The number of halogens is 5. The molecular formula is C30H20F5N3O5. The Balaban J connectivity index is 1.67. The summed E-state index contributed by atoms with van der Waals surface area (Å²) in [5, 5.41) is 38.8. The van der Waals surface area contributed by atoms with Crippen molar-refractivity contribution in [3.05, 3.63) is 95.1 Å². The van der Waals surface area contributed by atoms with Gasteiger partial charge in [0.25, 0.3) is 0 Å². The number of aromatic hydroxyl groups is 2. The summed E-state index contributed by atoms with van der Waals surface area (Å²) in [4.78, 5) is 10.9. The number of alkyl halides is 3. The maximum Gasteiger partial charge on any atom is 0.511 e. The van der Waals surface area contributed by atoms with E-state index >= 15 is 0 Å². The highest BCUT2D eigenvalue weighted by Crippen LogP contribution is 2.45. The number of hydrogen-bond acceptors (Lipinski definition) is 6. The highest BCUT2D eigenvalue weighted by atomic mass is 19.4. The third-order valence-corrected chi connectivity index (χ3v) is 6.46. The number of carbonyl (C=O) groups is 1. The first kappa shape index (κ1) is 29.0. The lowest BCUT2D eigenvalue weighted by Gasteiger charge is -2.11. The van der Waals surface area contributed by atoms with Crippen LogP contribution < -0.4 is 4.74 Å². The van der Waals surface area contributed by atoms with Crippen molar-refractivity contribution in [3.8, 4) is 34.2 Å². The van der Waals surface area contributed by atoms with E-state index in [1.807, 2.05) is 6.07 Å². The Labute approximate surface area is 239 Å². The van der Waals surface area contributed by atoms with E-state index in [1.54, 1.807) is 26.0 Å². The number of phenols is 1. The highest BCUT2D eigenvalue weighted by molar-refractivity contribution is 5.97. The van der Waals surface area contributed by atoms with Crippen molar-refractivity contribution in [2.45, 2.75) is 20.0 Å².